The molecule has 2 heterocycles. The third-order valence-corrected chi connectivity index (χ3v) is 4.69. The Labute approximate surface area is 147 Å². The van der Waals surface area contributed by atoms with Gasteiger partial charge in [-0.3, -0.25) is 4.90 Å². The van der Waals surface area contributed by atoms with E-state index in [-0.39, 0.29) is 18.0 Å². The minimum absolute atomic E-state index is 0. The predicted octanol–water partition coefficient (Wildman–Crippen LogP) is 4.32. The zero-order valence-corrected chi connectivity index (χ0v) is 14.3. The van der Waals surface area contributed by atoms with Gasteiger partial charge in [-0.15, -0.1) is 12.4 Å². The van der Waals surface area contributed by atoms with Gasteiger partial charge in [-0.05, 0) is 40.1 Å². The quantitative estimate of drug-likeness (QED) is 0.798. The standard InChI is InChI=1S/C16H16F4N2S.ClH/c17-12-1-2-13(14(9-12)16(18,19)20)15(11-3-8-23-10-11)22-6-4-21-5-7-22;/h1-3,8-10,15,21H,4-7H2;1H/t15-;/m0./s1. The van der Waals surface area contributed by atoms with E-state index in [9.17, 15) is 17.6 Å². The molecule has 8 heteroatoms. The smallest absolute Gasteiger partial charge is 0.314 e. The molecule has 1 aliphatic heterocycles. The van der Waals surface area contributed by atoms with Crippen molar-refractivity contribution in [3.8, 4) is 0 Å². The molecule has 0 unspecified atom stereocenters. The fraction of sp³-hybridized carbons (Fsp3) is 0.375. The molecule has 0 spiro atoms. The lowest BCUT2D eigenvalue weighted by atomic mass is 9.93. The van der Waals surface area contributed by atoms with Crippen LogP contribution in [0.5, 0.6) is 0 Å². The van der Waals surface area contributed by atoms with Gasteiger partial charge < -0.3 is 5.32 Å². The number of nitrogens with zero attached hydrogens (tertiary/aromatic N) is 1. The number of thiophene rings is 1. The summed E-state index contributed by atoms with van der Waals surface area (Å²) in [6.45, 7) is 2.75. The molecular formula is C16H17ClF4N2S. The van der Waals surface area contributed by atoms with Gasteiger partial charge in [0.25, 0.3) is 0 Å². The highest BCUT2D eigenvalue weighted by Crippen LogP contribution is 2.40. The van der Waals surface area contributed by atoms with Crippen LogP contribution in [-0.4, -0.2) is 31.1 Å². The van der Waals surface area contributed by atoms with Crippen LogP contribution in [0.1, 0.15) is 22.7 Å². The van der Waals surface area contributed by atoms with Gasteiger partial charge in [0.05, 0.1) is 11.6 Å². The zero-order chi connectivity index (χ0) is 16.4. The lowest BCUT2D eigenvalue weighted by Gasteiger charge is -2.36. The number of alkyl halides is 3. The highest BCUT2D eigenvalue weighted by atomic mass is 35.5. The van der Waals surface area contributed by atoms with Crippen molar-refractivity contribution >= 4 is 23.7 Å². The highest BCUT2D eigenvalue weighted by Gasteiger charge is 2.37. The largest absolute Gasteiger partial charge is 0.416 e. The van der Waals surface area contributed by atoms with Gasteiger partial charge in [0.2, 0.25) is 0 Å². The lowest BCUT2D eigenvalue weighted by Crippen LogP contribution is -2.45. The van der Waals surface area contributed by atoms with E-state index < -0.39 is 23.6 Å². The molecule has 1 aromatic heterocycles. The molecule has 1 aromatic carbocycles. The molecule has 3 rings (SSSR count). The second-order valence-electron chi connectivity index (χ2n) is 5.47. The van der Waals surface area contributed by atoms with Crippen molar-refractivity contribution in [2.75, 3.05) is 26.2 Å². The van der Waals surface area contributed by atoms with Crippen LogP contribution in [0, 0.1) is 5.82 Å². The fourth-order valence-corrected chi connectivity index (χ4v) is 3.65. The third-order valence-electron chi connectivity index (χ3n) is 3.99. The van der Waals surface area contributed by atoms with Crippen LogP contribution in [0.25, 0.3) is 0 Å². The molecule has 1 atom stereocenters. The summed E-state index contributed by atoms with van der Waals surface area (Å²) in [6.07, 6.45) is -4.58. The summed E-state index contributed by atoms with van der Waals surface area (Å²) in [5, 5.41) is 6.90. The SMILES string of the molecule is Cl.Fc1ccc([C@H](c2ccsc2)N2CCNCC2)c(C(F)(F)F)c1. The van der Waals surface area contributed by atoms with Gasteiger partial charge >= 0.3 is 6.18 Å². The number of rotatable bonds is 3. The highest BCUT2D eigenvalue weighted by molar-refractivity contribution is 7.08. The molecule has 2 aromatic rings. The third kappa shape index (κ3) is 4.08. The number of benzene rings is 1. The second-order valence-corrected chi connectivity index (χ2v) is 6.25. The van der Waals surface area contributed by atoms with Crippen molar-refractivity contribution in [1.29, 1.82) is 0 Å². The lowest BCUT2D eigenvalue weighted by molar-refractivity contribution is -0.138. The Kier molecular flexibility index (Phi) is 6.25. The number of halogens is 5. The molecule has 0 amide bonds. The average Bonchev–Trinajstić information content (AvgIpc) is 3.03. The number of hydrogen-bond donors (Lipinski definition) is 1. The molecule has 24 heavy (non-hydrogen) atoms. The average molecular weight is 381 g/mol. The Morgan fingerprint density at radius 1 is 1.12 bits per heavy atom. The molecular weight excluding hydrogens is 364 g/mol. The summed E-state index contributed by atoms with van der Waals surface area (Å²) in [4.78, 5) is 2.01. The normalized spacial score (nSPS) is 17.3. The van der Waals surface area contributed by atoms with E-state index in [0.29, 0.717) is 19.2 Å². The maximum absolute atomic E-state index is 13.4. The summed E-state index contributed by atoms with van der Waals surface area (Å²) in [5.41, 5.74) is 0.0282. The number of hydrogen-bond acceptors (Lipinski definition) is 3. The maximum Gasteiger partial charge on any atom is 0.416 e. The van der Waals surface area contributed by atoms with E-state index in [1.54, 1.807) is 0 Å². The van der Waals surface area contributed by atoms with Crippen LogP contribution in [0.3, 0.4) is 0 Å². The Balaban J connectivity index is 0.00000208. The first-order chi connectivity index (χ1) is 11.0. The molecule has 0 saturated carbocycles. The predicted molar refractivity (Wildman–Crippen MR) is 89.3 cm³/mol. The van der Waals surface area contributed by atoms with Crippen LogP contribution in [0.2, 0.25) is 0 Å². The summed E-state index contributed by atoms with van der Waals surface area (Å²) >= 11 is 1.45. The maximum atomic E-state index is 13.4. The molecule has 0 radical (unpaired) electrons. The summed E-state index contributed by atoms with van der Waals surface area (Å²) in [7, 11) is 0. The van der Waals surface area contributed by atoms with Gasteiger partial charge in [0, 0.05) is 26.2 Å². The number of piperazine rings is 1. The van der Waals surface area contributed by atoms with E-state index in [2.05, 4.69) is 5.32 Å². The minimum atomic E-state index is -4.58. The Hall–Kier alpha value is -1.15. The Bertz CT molecular complexity index is 655. The van der Waals surface area contributed by atoms with E-state index in [4.69, 9.17) is 0 Å². The van der Waals surface area contributed by atoms with E-state index in [1.165, 1.54) is 17.4 Å². The molecule has 0 aliphatic carbocycles. The van der Waals surface area contributed by atoms with Gasteiger partial charge in [-0.2, -0.15) is 24.5 Å². The van der Waals surface area contributed by atoms with Crippen molar-refractivity contribution in [3.05, 3.63) is 57.5 Å². The van der Waals surface area contributed by atoms with Crippen LogP contribution >= 0.6 is 23.7 Å². The van der Waals surface area contributed by atoms with Gasteiger partial charge in [-0.1, -0.05) is 6.07 Å². The van der Waals surface area contributed by atoms with Crippen molar-refractivity contribution < 1.29 is 17.6 Å². The van der Waals surface area contributed by atoms with E-state index in [0.717, 1.165) is 24.7 Å². The molecule has 1 fully saturated rings. The molecule has 0 bridgehead atoms. The Morgan fingerprint density at radius 3 is 2.42 bits per heavy atom. The number of nitrogens with one attached hydrogen (secondary N) is 1. The first-order valence-corrected chi connectivity index (χ1v) is 8.24. The fourth-order valence-electron chi connectivity index (χ4n) is 2.97. The Morgan fingerprint density at radius 2 is 1.83 bits per heavy atom. The molecule has 1 saturated heterocycles. The van der Waals surface area contributed by atoms with Crippen LogP contribution < -0.4 is 5.32 Å². The van der Waals surface area contributed by atoms with Crippen molar-refractivity contribution in [3.63, 3.8) is 0 Å². The molecule has 1 N–H and O–H groups in total. The summed E-state index contributed by atoms with van der Waals surface area (Å²) < 4.78 is 53.6. The summed E-state index contributed by atoms with van der Waals surface area (Å²) in [6, 6.07) is 4.28. The minimum Gasteiger partial charge on any atom is -0.314 e. The van der Waals surface area contributed by atoms with Crippen molar-refractivity contribution in [2.24, 2.45) is 0 Å². The summed E-state index contributed by atoms with van der Waals surface area (Å²) in [5.74, 6) is -0.870. The molecule has 1 aliphatic rings. The van der Waals surface area contributed by atoms with Crippen molar-refractivity contribution in [1.82, 2.24) is 10.2 Å². The van der Waals surface area contributed by atoms with Gasteiger partial charge in [0.1, 0.15) is 5.82 Å². The topological polar surface area (TPSA) is 15.3 Å². The van der Waals surface area contributed by atoms with E-state index in [1.807, 2.05) is 21.7 Å². The van der Waals surface area contributed by atoms with Crippen LogP contribution in [-0.2, 0) is 6.18 Å². The first kappa shape index (κ1) is 19.2. The monoisotopic (exact) mass is 380 g/mol. The second kappa shape index (κ2) is 7.82. The van der Waals surface area contributed by atoms with Crippen molar-refractivity contribution in [2.45, 2.75) is 12.2 Å². The van der Waals surface area contributed by atoms with Crippen LogP contribution in [0.4, 0.5) is 17.6 Å². The molecule has 132 valence electrons. The first-order valence-electron chi connectivity index (χ1n) is 7.30. The zero-order valence-electron chi connectivity index (χ0n) is 12.6. The van der Waals surface area contributed by atoms with Gasteiger partial charge in [-0.25, -0.2) is 4.39 Å². The molecule has 2 nitrogen and oxygen atoms in total. The van der Waals surface area contributed by atoms with Gasteiger partial charge in [0.15, 0.2) is 0 Å². The van der Waals surface area contributed by atoms with E-state index >= 15 is 0 Å². The van der Waals surface area contributed by atoms with Crippen LogP contribution in [0.15, 0.2) is 35.0 Å².